The molecule has 32 heavy (non-hydrogen) atoms. The topological polar surface area (TPSA) is 40.6 Å². The summed E-state index contributed by atoms with van der Waals surface area (Å²) in [6.45, 7) is 17.7. The van der Waals surface area contributed by atoms with Gasteiger partial charge in [-0.05, 0) is 11.1 Å². The normalized spacial score (nSPS) is 16.2. The molecule has 1 fully saturated rings. The number of ketones is 2. The number of piperazine rings is 1. The monoisotopic (exact) mass is 434 g/mol. The number of nitrogens with zero attached hydrogens (tertiary/aromatic N) is 2. The summed E-state index contributed by atoms with van der Waals surface area (Å²) in [7, 11) is 0. The molecule has 0 unspecified atom stereocenters. The minimum Gasteiger partial charge on any atom is -0.297 e. The first-order chi connectivity index (χ1) is 14.9. The van der Waals surface area contributed by atoms with E-state index in [1.165, 1.54) is 11.1 Å². The molecule has 0 amide bonds. The smallest absolute Gasteiger partial charge is 0.168 e. The summed E-state index contributed by atoms with van der Waals surface area (Å²) in [6.07, 6.45) is 0. The Morgan fingerprint density at radius 3 is 1.12 bits per heavy atom. The van der Waals surface area contributed by atoms with Gasteiger partial charge in [0.15, 0.2) is 11.6 Å². The lowest BCUT2D eigenvalue weighted by Gasteiger charge is -2.34. The second-order valence-corrected chi connectivity index (χ2v) is 11.1. The van der Waals surface area contributed by atoms with Crippen molar-refractivity contribution in [1.29, 1.82) is 0 Å². The fraction of sp³-hybridized carbons (Fsp3) is 0.500. The lowest BCUT2D eigenvalue weighted by atomic mass is 9.86. The molecule has 1 aliphatic heterocycles. The predicted octanol–water partition coefficient (Wildman–Crippen LogP) is 5.46. The molecule has 1 aliphatic rings. The maximum Gasteiger partial charge on any atom is 0.168 e. The van der Waals surface area contributed by atoms with E-state index in [2.05, 4.69) is 34.1 Å². The number of Topliss-reactive ketones (excluding diaryl/α,β-unsaturated/α-hetero) is 2. The van der Waals surface area contributed by atoms with Gasteiger partial charge >= 0.3 is 0 Å². The van der Waals surface area contributed by atoms with Gasteiger partial charge in [0.2, 0.25) is 0 Å². The molecule has 1 heterocycles. The highest BCUT2D eigenvalue weighted by Crippen LogP contribution is 2.23. The molecule has 0 aliphatic carbocycles. The van der Waals surface area contributed by atoms with Crippen LogP contribution in [0.3, 0.4) is 0 Å². The third kappa shape index (κ3) is 6.36. The zero-order valence-corrected chi connectivity index (χ0v) is 20.6. The van der Waals surface area contributed by atoms with Crippen molar-refractivity contribution in [3.63, 3.8) is 0 Å². The van der Waals surface area contributed by atoms with Crippen molar-refractivity contribution in [2.24, 2.45) is 10.8 Å². The van der Waals surface area contributed by atoms with Crippen molar-refractivity contribution in [2.75, 3.05) is 26.2 Å². The molecule has 0 bridgehead atoms. The Bertz CT molecular complexity index is 844. The van der Waals surface area contributed by atoms with E-state index in [1.807, 2.05) is 65.8 Å². The van der Waals surface area contributed by atoms with Crippen molar-refractivity contribution in [3.8, 4) is 0 Å². The van der Waals surface area contributed by atoms with Crippen LogP contribution in [0.1, 0.15) is 73.4 Å². The standard InChI is InChI=1S/C28H38N2O2/c1-27(2,3)25(31)23-11-7-21(8-12-23)19-29-15-17-30(18-16-29)20-22-9-13-24(14-10-22)26(32)28(4,5)6/h7-14H,15-20H2,1-6H3. The van der Waals surface area contributed by atoms with Crippen LogP contribution in [0, 0.1) is 10.8 Å². The summed E-state index contributed by atoms with van der Waals surface area (Å²) in [6, 6.07) is 16.2. The first-order valence-electron chi connectivity index (χ1n) is 11.7. The molecule has 0 atom stereocenters. The van der Waals surface area contributed by atoms with Gasteiger partial charge in [0.1, 0.15) is 0 Å². The van der Waals surface area contributed by atoms with Gasteiger partial charge in [0, 0.05) is 61.2 Å². The molecule has 1 saturated heterocycles. The second-order valence-electron chi connectivity index (χ2n) is 11.1. The fourth-order valence-electron chi connectivity index (χ4n) is 4.01. The zero-order chi connectivity index (χ0) is 23.5. The quantitative estimate of drug-likeness (QED) is 0.566. The highest BCUT2D eigenvalue weighted by atomic mass is 16.1. The lowest BCUT2D eigenvalue weighted by Crippen LogP contribution is -2.45. The van der Waals surface area contributed by atoms with Gasteiger partial charge in [-0.1, -0.05) is 90.1 Å². The molecule has 0 saturated carbocycles. The molecule has 0 N–H and O–H groups in total. The van der Waals surface area contributed by atoms with E-state index >= 15 is 0 Å². The minimum absolute atomic E-state index is 0.188. The van der Waals surface area contributed by atoms with E-state index in [0.29, 0.717) is 0 Å². The van der Waals surface area contributed by atoms with Crippen molar-refractivity contribution in [3.05, 3.63) is 70.8 Å². The molecule has 0 radical (unpaired) electrons. The van der Waals surface area contributed by atoms with Crippen LogP contribution in [0.5, 0.6) is 0 Å². The van der Waals surface area contributed by atoms with Crippen molar-refractivity contribution in [2.45, 2.75) is 54.6 Å². The SMILES string of the molecule is CC(C)(C)C(=O)c1ccc(CN2CCN(Cc3ccc(C(=O)C(C)(C)C)cc3)CC2)cc1. The number of benzene rings is 2. The van der Waals surface area contributed by atoms with Crippen molar-refractivity contribution in [1.82, 2.24) is 9.80 Å². The molecule has 0 spiro atoms. The number of carbonyl (C=O) groups is 2. The lowest BCUT2D eigenvalue weighted by molar-refractivity contribution is 0.0852. The van der Waals surface area contributed by atoms with E-state index < -0.39 is 0 Å². The molecule has 2 aromatic rings. The third-order valence-electron chi connectivity index (χ3n) is 6.07. The highest BCUT2D eigenvalue weighted by Gasteiger charge is 2.24. The summed E-state index contributed by atoms with van der Waals surface area (Å²) >= 11 is 0. The Morgan fingerprint density at radius 2 is 0.875 bits per heavy atom. The van der Waals surface area contributed by atoms with Crippen molar-refractivity contribution >= 4 is 11.6 Å². The van der Waals surface area contributed by atoms with Crippen LogP contribution in [0.25, 0.3) is 0 Å². The number of carbonyl (C=O) groups excluding carboxylic acids is 2. The van der Waals surface area contributed by atoms with E-state index in [1.54, 1.807) is 0 Å². The van der Waals surface area contributed by atoms with Crippen LogP contribution in [-0.2, 0) is 13.1 Å². The molecular weight excluding hydrogens is 396 g/mol. The summed E-state index contributed by atoms with van der Waals surface area (Å²) in [5.41, 5.74) is 3.40. The van der Waals surface area contributed by atoms with Gasteiger partial charge in [-0.2, -0.15) is 0 Å². The molecule has 3 rings (SSSR count). The summed E-state index contributed by atoms with van der Waals surface area (Å²) in [5, 5.41) is 0. The molecule has 172 valence electrons. The molecule has 4 heteroatoms. The summed E-state index contributed by atoms with van der Waals surface area (Å²) < 4.78 is 0. The van der Waals surface area contributed by atoms with Gasteiger partial charge in [0.05, 0.1) is 0 Å². The Morgan fingerprint density at radius 1 is 0.594 bits per heavy atom. The molecule has 4 nitrogen and oxygen atoms in total. The van der Waals surface area contributed by atoms with E-state index in [0.717, 1.165) is 50.4 Å². The number of hydrogen-bond donors (Lipinski definition) is 0. The maximum atomic E-state index is 12.4. The largest absolute Gasteiger partial charge is 0.297 e. The molecule has 2 aromatic carbocycles. The highest BCUT2D eigenvalue weighted by molar-refractivity contribution is 6.00. The maximum absolute atomic E-state index is 12.4. The number of rotatable bonds is 6. The third-order valence-corrected chi connectivity index (χ3v) is 6.07. The van der Waals surface area contributed by atoms with E-state index in [9.17, 15) is 9.59 Å². The summed E-state index contributed by atoms with van der Waals surface area (Å²) in [4.78, 5) is 29.8. The minimum atomic E-state index is -0.347. The second kappa shape index (κ2) is 9.68. The van der Waals surface area contributed by atoms with Gasteiger partial charge in [-0.15, -0.1) is 0 Å². The van der Waals surface area contributed by atoms with Gasteiger partial charge in [0.25, 0.3) is 0 Å². The molecule has 0 aromatic heterocycles. The van der Waals surface area contributed by atoms with Crippen molar-refractivity contribution < 1.29 is 9.59 Å². The first-order valence-corrected chi connectivity index (χ1v) is 11.7. The zero-order valence-electron chi connectivity index (χ0n) is 20.6. The van der Waals surface area contributed by atoms with Crippen LogP contribution >= 0.6 is 0 Å². The van der Waals surface area contributed by atoms with Crippen LogP contribution in [0.15, 0.2) is 48.5 Å². The average molecular weight is 435 g/mol. The van der Waals surface area contributed by atoms with Gasteiger partial charge in [-0.3, -0.25) is 19.4 Å². The van der Waals surface area contributed by atoms with Crippen LogP contribution in [0.2, 0.25) is 0 Å². The van der Waals surface area contributed by atoms with E-state index in [-0.39, 0.29) is 22.4 Å². The number of hydrogen-bond acceptors (Lipinski definition) is 4. The van der Waals surface area contributed by atoms with Crippen LogP contribution in [-0.4, -0.2) is 47.5 Å². The first kappa shape index (κ1) is 24.3. The predicted molar refractivity (Wildman–Crippen MR) is 131 cm³/mol. The Balaban J connectivity index is 1.48. The van der Waals surface area contributed by atoms with Crippen LogP contribution in [0.4, 0.5) is 0 Å². The van der Waals surface area contributed by atoms with E-state index in [4.69, 9.17) is 0 Å². The van der Waals surface area contributed by atoms with Gasteiger partial charge in [-0.25, -0.2) is 0 Å². The Labute approximate surface area is 193 Å². The van der Waals surface area contributed by atoms with Gasteiger partial charge < -0.3 is 0 Å². The van der Waals surface area contributed by atoms with Crippen LogP contribution < -0.4 is 0 Å². The average Bonchev–Trinajstić information content (AvgIpc) is 2.74. The Kier molecular flexibility index (Phi) is 7.36. The summed E-state index contributed by atoms with van der Waals surface area (Å²) in [5.74, 6) is 0.377. The molecular formula is C28H38N2O2. The Hall–Kier alpha value is -2.30. The fourth-order valence-corrected chi connectivity index (χ4v) is 4.01.